The normalized spacial score (nSPS) is 11.9. The molecule has 0 bridgehead atoms. The van der Waals surface area contributed by atoms with Crippen molar-refractivity contribution < 1.29 is 29.5 Å². The molecule has 0 saturated heterocycles. The summed E-state index contributed by atoms with van der Waals surface area (Å²) < 4.78 is 0. The maximum atomic E-state index is 4.80. The van der Waals surface area contributed by atoms with Gasteiger partial charge in [0, 0.05) is 38.9 Å². The number of hydrogen-bond donors (Lipinski definition) is 2. The number of nitrogens with one attached hydrogen (secondary N) is 2. The van der Waals surface area contributed by atoms with Crippen LogP contribution in [0.15, 0.2) is 57.4 Å². The summed E-state index contributed by atoms with van der Waals surface area (Å²) in [5.41, 5.74) is 8.07. The summed E-state index contributed by atoms with van der Waals surface area (Å²) in [5.74, 6) is 0. The first-order valence-corrected chi connectivity index (χ1v) is 8.70. The van der Waals surface area contributed by atoms with Gasteiger partial charge >= 0.3 is 17.1 Å². The number of hydrogen-bond acceptors (Lipinski definition) is 10. The van der Waals surface area contributed by atoms with Crippen LogP contribution in [0.5, 0.6) is 0 Å². The number of nitrogens with zero attached hydrogens (tertiary/aromatic N) is 8. The number of aromatic nitrogens is 4. The van der Waals surface area contributed by atoms with Crippen molar-refractivity contribution >= 4 is 47.0 Å². The van der Waals surface area contributed by atoms with Gasteiger partial charge in [0.05, 0.1) is 23.8 Å². The minimum atomic E-state index is 0. The fraction of sp³-hybridized carbons (Fsp3) is 0.250. The number of rotatable bonds is 4. The Hall–Kier alpha value is -2.31. The quantitative estimate of drug-likeness (QED) is 0.155. The van der Waals surface area contributed by atoms with Crippen LogP contribution in [0, 0.1) is 0 Å². The zero-order valence-electron chi connectivity index (χ0n) is 16.6. The molecule has 2 aromatic heterocycles. The maximum Gasteiger partial charge on any atom is 3.00 e. The van der Waals surface area contributed by atoms with Gasteiger partial charge in [0.2, 0.25) is 0 Å². The first-order chi connectivity index (χ1) is 13.5. The number of aliphatic imine (C=N–C) groups is 2. The molecule has 14 heteroatoms. The second-order valence-corrected chi connectivity index (χ2v) is 5.63. The Balaban J connectivity index is 0. The Morgan fingerprint density at radius 3 is 1.40 bits per heavy atom. The molecule has 0 aromatic carbocycles. The molecule has 0 atom stereocenters. The van der Waals surface area contributed by atoms with E-state index in [1.165, 1.54) is 0 Å². The second kappa shape index (κ2) is 17.5. The summed E-state index contributed by atoms with van der Waals surface area (Å²) in [6.45, 7) is 3.63. The fourth-order valence-electron chi connectivity index (χ4n) is 1.45. The molecule has 0 fully saturated rings. The van der Waals surface area contributed by atoms with Crippen molar-refractivity contribution in [3.05, 3.63) is 48.6 Å². The van der Waals surface area contributed by atoms with Crippen LogP contribution in [0.2, 0.25) is 0 Å². The van der Waals surface area contributed by atoms with E-state index >= 15 is 0 Å². The zero-order chi connectivity index (χ0) is 20.8. The Bertz CT molecular complexity index is 776. The first-order valence-electron chi connectivity index (χ1n) is 7.88. The van der Waals surface area contributed by atoms with Gasteiger partial charge in [0.25, 0.3) is 0 Å². The smallest absolute Gasteiger partial charge is 1.00 e. The zero-order valence-corrected chi connectivity index (χ0v) is 20.1. The van der Waals surface area contributed by atoms with Crippen LogP contribution in [0.4, 0.5) is 0 Å². The standard InChI is InChI=1S/2C8H11N5S.ClH.Fe/c2*1-6(12-13-8(14)9-2)7-5-10-3-4-11-7;;/h2*3-5H,1-2H3,(H2,9,13,14);1H;/q;;;+3/p-3/b2*12-6+;;. The molecule has 0 saturated carbocycles. The van der Waals surface area contributed by atoms with Crippen molar-refractivity contribution in [2.24, 2.45) is 20.2 Å². The summed E-state index contributed by atoms with van der Waals surface area (Å²) in [6.07, 6.45) is 9.69. The topological polar surface area (TPSA) is 125 Å². The van der Waals surface area contributed by atoms with Crippen molar-refractivity contribution in [2.45, 2.75) is 13.8 Å². The van der Waals surface area contributed by atoms with Gasteiger partial charge in [0.15, 0.2) is 0 Å². The Kier molecular flexibility index (Phi) is 17.5. The molecule has 0 amide bonds. The van der Waals surface area contributed by atoms with Gasteiger partial charge in [-0.15, -0.1) is 0 Å². The minimum Gasteiger partial charge on any atom is -1.00 e. The van der Waals surface area contributed by atoms with E-state index in [9.17, 15) is 0 Å². The monoisotopic (exact) mass is 507 g/mol. The van der Waals surface area contributed by atoms with Gasteiger partial charge in [-0.2, -0.15) is 10.2 Å². The van der Waals surface area contributed by atoms with Gasteiger partial charge in [-0.05, 0) is 24.2 Å². The molecule has 0 aliphatic heterocycles. The molecule has 2 heterocycles. The first kappa shape index (κ1) is 29.9. The van der Waals surface area contributed by atoms with Crippen LogP contribution in [0.3, 0.4) is 0 Å². The van der Waals surface area contributed by atoms with Crippen molar-refractivity contribution in [3.8, 4) is 0 Å². The SMILES string of the molecule is CN=C([S-])N/N=C(\C)c1cnccn1.CN=C([S-])N/N=C(\C)c1cnccn1.[Cl-].[Fe+3]. The van der Waals surface area contributed by atoms with Crippen LogP contribution in [-0.2, 0) is 42.3 Å². The minimum absolute atomic E-state index is 0. The van der Waals surface area contributed by atoms with Gasteiger partial charge in [0.1, 0.15) is 11.4 Å². The van der Waals surface area contributed by atoms with Gasteiger partial charge in [-0.1, -0.05) is 0 Å². The molecule has 30 heavy (non-hydrogen) atoms. The van der Waals surface area contributed by atoms with Crippen LogP contribution < -0.4 is 23.3 Å². The summed E-state index contributed by atoms with van der Waals surface area (Å²) in [6, 6.07) is 0. The van der Waals surface area contributed by atoms with Crippen molar-refractivity contribution in [3.63, 3.8) is 0 Å². The molecule has 1 radical (unpaired) electrons. The Morgan fingerprint density at radius 1 is 0.767 bits per heavy atom. The molecule has 0 unspecified atom stereocenters. The number of amidine groups is 2. The van der Waals surface area contributed by atoms with Gasteiger partial charge in [-0.25, -0.2) is 0 Å². The van der Waals surface area contributed by atoms with Gasteiger partial charge < -0.3 is 37.7 Å². The molecule has 2 N–H and O–H groups in total. The summed E-state index contributed by atoms with van der Waals surface area (Å²) in [7, 11) is 3.20. The fourth-order valence-corrected chi connectivity index (χ4v) is 1.54. The molecule has 2 rings (SSSR count). The van der Waals surface area contributed by atoms with Crippen LogP contribution >= 0.6 is 0 Å². The third-order valence-corrected chi connectivity index (χ3v) is 3.46. The van der Waals surface area contributed by atoms with E-state index in [-0.39, 0.29) is 29.5 Å². The van der Waals surface area contributed by atoms with Crippen molar-refractivity contribution in [1.82, 2.24) is 30.8 Å². The molecule has 0 aliphatic rings. The average molecular weight is 508 g/mol. The molecule has 0 aliphatic carbocycles. The van der Waals surface area contributed by atoms with Crippen LogP contribution in [0.1, 0.15) is 25.2 Å². The number of halogens is 1. The average Bonchev–Trinajstić information content (AvgIpc) is 2.76. The summed E-state index contributed by atoms with van der Waals surface area (Å²) in [5, 5.41) is 8.67. The van der Waals surface area contributed by atoms with Crippen molar-refractivity contribution in [1.29, 1.82) is 0 Å². The molecule has 10 nitrogen and oxygen atoms in total. The molecule has 2 aromatic rings. The molecular weight excluding hydrogens is 488 g/mol. The molecule has 0 spiro atoms. The van der Waals surface area contributed by atoms with E-state index < -0.39 is 0 Å². The third kappa shape index (κ3) is 12.3. The predicted octanol–water partition coefficient (Wildman–Crippen LogP) is -2.35. The molecular formula is C16H20ClFeN10S2. The van der Waals surface area contributed by atoms with Crippen LogP contribution in [-0.4, -0.2) is 55.8 Å². The van der Waals surface area contributed by atoms with E-state index in [0.717, 1.165) is 0 Å². The van der Waals surface area contributed by atoms with Crippen molar-refractivity contribution in [2.75, 3.05) is 14.1 Å². The molecule has 161 valence electrons. The van der Waals surface area contributed by atoms with E-state index in [1.54, 1.807) is 51.3 Å². The van der Waals surface area contributed by atoms with E-state index in [4.69, 9.17) is 25.3 Å². The Morgan fingerprint density at radius 2 is 1.13 bits per heavy atom. The largest absolute Gasteiger partial charge is 3.00 e. The van der Waals surface area contributed by atoms with E-state index in [2.05, 4.69) is 51.0 Å². The van der Waals surface area contributed by atoms with E-state index in [0.29, 0.717) is 33.1 Å². The Labute approximate surface area is 203 Å². The van der Waals surface area contributed by atoms with Crippen LogP contribution in [0.25, 0.3) is 0 Å². The summed E-state index contributed by atoms with van der Waals surface area (Å²) >= 11 is 9.61. The maximum absolute atomic E-state index is 4.80. The van der Waals surface area contributed by atoms with Gasteiger partial charge in [-0.3, -0.25) is 40.8 Å². The second-order valence-electron chi connectivity index (χ2n) is 4.86. The number of hydrazone groups is 2. The van der Waals surface area contributed by atoms with E-state index in [1.807, 2.05) is 13.8 Å². The third-order valence-electron chi connectivity index (χ3n) is 2.91. The predicted molar refractivity (Wildman–Crippen MR) is 116 cm³/mol. The summed E-state index contributed by atoms with van der Waals surface area (Å²) in [4.78, 5) is 23.5.